The van der Waals surface area contributed by atoms with Crippen molar-refractivity contribution in [3.05, 3.63) is 36.0 Å². The summed E-state index contributed by atoms with van der Waals surface area (Å²) in [5.74, 6) is -7.76. The molecule has 1 saturated carbocycles. The van der Waals surface area contributed by atoms with Crippen molar-refractivity contribution in [1.82, 2.24) is 4.90 Å². The number of piperidine rings is 1. The number of rotatable bonds is 7. The molecule has 0 radical (unpaired) electrons. The second-order valence-corrected chi connectivity index (χ2v) is 17.3. The van der Waals surface area contributed by atoms with E-state index in [4.69, 9.17) is 23.7 Å². The van der Waals surface area contributed by atoms with Gasteiger partial charge in [0.15, 0.2) is 0 Å². The summed E-state index contributed by atoms with van der Waals surface area (Å²) in [5, 5.41) is 34.1. The van der Waals surface area contributed by atoms with Crippen molar-refractivity contribution >= 4 is 23.4 Å². The Kier molecular flexibility index (Phi) is 17.2. The van der Waals surface area contributed by atoms with Crippen LogP contribution in [0.1, 0.15) is 105 Å². The highest BCUT2D eigenvalue weighted by Crippen LogP contribution is 2.39. The van der Waals surface area contributed by atoms with Crippen LogP contribution >= 0.6 is 0 Å². The molecule has 0 aromatic carbocycles. The first-order chi connectivity index (χ1) is 27.0. The maximum atomic E-state index is 14.3. The van der Waals surface area contributed by atoms with E-state index < -0.39 is 83.9 Å². The molecule has 13 heteroatoms. The van der Waals surface area contributed by atoms with Gasteiger partial charge in [-0.3, -0.25) is 14.4 Å². The zero-order chi connectivity index (χ0) is 42.2. The van der Waals surface area contributed by atoms with Crippen molar-refractivity contribution in [2.75, 3.05) is 27.9 Å². The van der Waals surface area contributed by atoms with Crippen molar-refractivity contribution in [2.24, 2.45) is 29.6 Å². The Morgan fingerprint density at radius 3 is 2.25 bits per heavy atom. The lowest BCUT2D eigenvalue weighted by Crippen LogP contribution is -2.64. The number of aliphatic hydroxyl groups excluding tert-OH is 2. The third kappa shape index (κ3) is 11.3. The summed E-state index contributed by atoms with van der Waals surface area (Å²) >= 11 is 0. The van der Waals surface area contributed by atoms with Crippen molar-refractivity contribution in [3.63, 3.8) is 0 Å². The number of aliphatic hydroxyl groups is 3. The van der Waals surface area contributed by atoms with Gasteiger partial charge in [0, 0.05) is 52.0 Å². The molecule has 0 aromatic heterocycles. The van der Waals surface area contributed by atoms with Crippen LogP contribution < -0.4 is 0 Å². The lowest BCUT2D eigenvalue weighted by molar-refractivity contribution is -0.302. The zero-order valence-electron chi connectivity index (χ0n) is 35.4. The molecule has 3 heterocycles. The first-order valence-electron chi connectivity index (χ1n) is 20.9. The molecule has 2 saturated heterocycles. The van der Waals surface area contributed by atoms with Crippen molar-refractivity contribution in [1.29, 1.82) is 0 Å². The first-order valence-corrected chi connectivity index (χ1v) is 20.9. The van der Waals surface area contributed by atoms with Gasteiger partial charge in [-0.2, -0.15) is 0 Å². The van der Waals surface area contributed by atoms with E-state index in [1.807, 2.05) is 32.9 Å². The van der Waals surface area contributed by atoms with Gasteiger partial charge in [0.2, 0.25) is 5.79 Å². The minimum Gasteiger partial charge on any atom is -0.456 e. The van der Waals surface area contributed by atoms with Gasteiger partial charge < -0.3 is 43.9 Å². The lowest BCUT2D eigenvalue weighted by atomic mass is 9.81. The summed E-state index contributed by atoms with van der Waals surface area (Å²) in [6.07, 6.45) is 4.93. The molecule has 4 aliphatic rings. The lowest BCUT2D eigenvalue weighted by Gasteiger charge is -2.47. The highest BCUT2D eigenvalue weighted by atomic mass is 16.7. The fraction of sp³-hybridized carbons (Fsp3) is 0.773. The van der Waals surface area contributed by atoms with Crippen LogP contribution in [0.4, 0.5) is 0 Å². The van der Waals surface area contributed by atoms with E-state index in [-0.39, 0.29) is 49.5 Å². The maximum absolute atomic E-state index is 14.3. The topological polar surface area (TPSA) is 178 Å². The van der Waals surface area contributed by atoms with E-state index in [1.165, 1.54) is 19.1 Å². The Morgan fingerprint density at radius 2 is 1.60 bits per heavy atom. The van der Waals surface area contributed by atoms with Gasteiger partial charge in [-0.1, -0.05) is 44.6 Å². The molecular weight excluding hydrogens is 734 g/mol. The Labute approximate surface area is 339 Å². The molecule has 1 aliphatic carbocycles. The van der Waals surface area contributed by atoms with Crippen LogP contribution in [0.15, 0.2) is 36.0 Å². The molecule has 3 aliphatic heterocycles. The third-order valence-electron chi connectivity index (χ3n) is 12.9. The summed E-state index contributed by atoms with van der Waals surface area (Å²) in [4.78, 5) is 57.8. The summed E-state index contributed by atoms with van der Waals surface area (Å²) in [6, 6.07) is -1.14. The molecule has 14 atom stereocenters. The SMILES string of the molecule is C=CC[C@@H]1C=C(C)C[C@H](C)C[C@H](OC)[C@H]2O[C@@](O)(C(=O)C(=O)N3CCCCC3C(=O)O[C@H](C(C)=C[C@@H]3CC[C@@H](O)[C@H](OC)C3)[C@H](C)[C@@H](O)CC1=O)[C@H](C)C[C@@H]2OC. The summed E-state index contributed by atoms with van der Waals surface area (Å²) in [7, 11) is 4.61. The Hall–Kier alpha value is -2.78. The number of methoxy groups -OCH3 is 3. The second kappa shape index (κ2) is 21.0. The molecule has 1 amide bonds. The Morgan fingerprint density at radius 1 is 0.930 bits per heavy atom. The highest BCUT2D eigenvalue weighted by molar-refractivity contribution is 6.39. The highest BCUT2D eigenvalue weighted by Gasteiger charge is 2.56. The maximum Gasteiger partial charge on any atom is 0.329 e. The standard InChI is InChI=1S/C44H69NO12/c1-10-13-31-19-25(2)18-26(3)20-37(54-8)40-38(55-9)22-28(5)44(52,57-40)41(49)42(50)45-17-12-11-14-32(45)43(51)56-39(29(6)34(47)24-35(31)48)27(4)21-30-15-16-33(46)36(23-30)53-7/h10,19,21,26,28-34,36-40,46-47,52H,1,11-18,20,22-24H2,2-9H3/t26-,28+,29+,30-,31+,32?,33+,34-,36+,37-,38-,39+,40+,44+/m0/s1. The average molecular weight is 804 g/mol. The second-order valence-electron chi connectivity index (χ2n) is 17.3. The fourth-order valence-corrected chi connectivity index (χ4v) is 9.42. The van der Waals surface area contributed by atoms with E-state index in [0.717, 1.165) is 5.57 Å². The largest absolute Gasteiger partial charge is 0.456 e. The molecule has 3 N–H and O–H groups in total. The van der Waals surface area contributed by atoms with Crippen molar-refractivity contribution in [3.8, 4) is 0 Å². The molecule has 0 spiro atoms. The molecule has 3 fully saturated rings. The van der Waals surface area contributed by atoms with E-state index in [2.05, 4.69) is 6.58 Å². The van der Waals surface area contributed by atoms with E-state index in [0.29, 0.717) is 56.9 Å². The number of hydrogen-bond donors (Lipinski definition) is 3. The smallest absolute Gasteiger partial charge is 0.329 e. The van der Waals surface area contributed by atoms with Gasteiger partial charge in [-0.05, 0) is 95.5 Å². The first kappa shape index (κ1) is 46.9. The van der Waals surface area contributed by atoms with E-state index in [9.17, 15) is 34.5 Å². The summed E-state index contributed by atoms with van der Waals surface area (Å²) < 4.78 is 29.7. The molecule has 13 nitrogen and oxygen atoms in total. The molecule has 1 unspecified atom stereocenters. The number of allylic oxidation sites excluding steroid dienone is 4. The Bertz CT molecular complexity index is 1480. The van der Waals surface area contributed by atoms with Crippen LogP contribution in [0.2, 0.25) is 0 Å². The predicted molar refractivity (Wildman–Crippen MR) is 213 cm³/mol. The van der Waals surface area contributed by atoms with E-state index >= 15 is 0 Å². The van der Waals surface area contributed by atoms with Gasteiger partial charge in [-0.25, -0.2) is 4.79 Å². The predicted octanol–water partition coefficient (Wildman–Crippen LogP) is 4.64. The number of ether oxygens (including phenoxy) is 5. The number of hydrogen-bond acceptors (Lipinski definition) is 12. The number of ketones is 2. The van der Waals surface area contributed by atoms with E-state index in [1.54, 1.807) is 27.0 Å². The quantitative estimate of drug-likeness (QED) is 0.185. The van der Waals surface area contributed by atoms with Crippen LogP contribution in [0, 0.1) is 29.6 Å². The number of esters is 1. The fourth-order valence-electron chi connectivity index (χ4n) is 9.42. The van der Waals surface area contributed by atoms with Gasteiger partial charge >= 0.3 is 5.97 Å². The molecule has 0 aromatic rings. The summed E-state index contributed by atoms with van der Waals surface area (Å²) in [5.41, 5.74) is 1.61. The zero-order valence-corrected chi connectivity index (χ0v) is 35.4. The number of carbonyl (C=O) groups excluding carboxylic acids is 4. The van der Waals surface area contributed by atoms with Gasteiger partial charge in [-0.15, -0.1) is 6.58 Å². The number of carbonyl (C=O) groups is 4. The number of amides is 1. The van der Waals surface area contributed by atoms with Crippen LogP contribution in [0.25, 0.3) is 0 Å². The number of fused-ring (bicyclic) bond motifs is 3. The minimum absolute atomic E-state index is 0.00988. The van der Waals surface area contributed by atoms with Crippen LogP contribution in [0.5, 0.6) is 0 Å². The average Bonchev–Trinajstić information content (AvgIpc) is 3.18. The van der Waals surface area contributed by atoms with Gasteiger partial charge in [0.25, 0.3) is 11.7 Å². The number of Topliss-reactive ketones (excluding diaryl/α,β-unsaturated/α-hetero) is 2. The Balaban J connectivity index is 1.78. The molecule has 57 heavy (non-hydrogen) atoms. The number of cyclic esters (lactones) is 1. The third-order valence-corrected chi connectivity index (χ3v) is 12.9. The van der Waals surface area contributed by atoms with Gasteiger partial charge in [0.1, 0.15) is 24.0 Å². The molecular formula is C44H69NO12. The van der Waals surface area contributed by atoms with Gasteiger partial charge in [0.05, 0.1) is 30.5 Å². The monoisotopic (exact) mass is 803 g/mol. The van der Waals surface area contributed by atoms with Crippen molar-refractivity contribution in [2.45, 2.75) is 160 Å². The minimum atomic E-state index is -2.51. The molecule has 4 rings (SSSR count). The molecule has 322 valence electrons. The number of nitrogens with zero attached hydrogens (tertiary/aromatic N) is 1. The molecule has 2 bridgehead atoms. The van der Waals surface area contributed by atoms with Crippen LogP contribution in [0.3, 0.4) is 0 Å². The van der Waals surface area contributed by atoms with Crippen LogP contribution in [-0.4, -0.2) is 126 Å². The van der Waals surface area contributed by atoms with Crippen molar-refractivity contribution < 1.29 is 58.2 Å². The summed E-state index contributed by atoms with van der Waals surface area (Å²) in [6.45, 7) is 13.1. The normalized spacial score (nSPS) is 40.1. The van der Waals surface area contributed by atoms with Crippen LogP contribution in [-0.2, 0) is 42.9 Å².